The quantitative estimate of drug-likeness (QED) is 0.557. The van der Waals surface area contributed by atoms with Crippen molar-refractivity contribution >= 4 is 34.2 Å². The maximum absolute atomic E-state index is 12.7. The van der Waals surface area contributed by atoms with Crippen LogP contribution in [0.3, 0.4) is 0 Å². The van der Waals surface area contributed by atoms with E-state index in [0.29, 0.717) is 11.7 Å². The van der Waals surface area contributed by atoms with Gasteiger partial charge in [0.05, 0.1) is 16.5 Å². The Kier molecular flexibility index (Phi) is 7.04. The number of hydrogen-bond acceptors (Lipinski definition) is 8. The number of rotatable bonds is 6. The van der Waals surface area contributed by atoms with Crippen LogP contribution in [0.1, 0.15) is 43.9 Å². The van der Waals surface area contributed by atoms with E-state index in [1.165, 1.54) is 6.92 Å². The minimum atomic E-state index is -1.06. The van der Waals surface area contributed by atoms with E-state index in [1.807, 2.05) is 25.2 Å². The number of fused-ring (bicyclic) bond motifs is 1. The average Bonchev–Trinajstić information content (AvgIpc) is 3.25. The van der Waals surface area contributed by atoms with Gasteiger partial charge < -0.3 is 25.6 Å². The normalized spacial score (nSPS) is 22.0. The first-order chi connectivity index (χ1) is 17.0. The number of aryl methyl sites for hydroxylation is 1. The van der Waals surface area contributed by atoms with Crippen molar-refractivity contribution in [3.05, 3.63) is 35.5 Å². The smallest absolute Gasteiger partial charge is 0.227 e. The van der Waals surface area contributed by atoms with E-state index in [1.54, 1.807) is 0 Å². The Morgan fingerprint density at radius 2 is 1.91 bits per heavy atom. The number of amides is 1. The van der Waals surface area contributed by atoms with Gasteiger partial charge in [-0.15, -0.1) is 0 Å². The standard InChI is InChI=1S/C25H34N6O3S/c1-17(32)27-20-6-4-3-5-19(20)25(26-2)10-12-31(13-11-25)24-29-21-9-16-35(33)22(21)23(30-24)28-18-7-14-34-15-8-18/h3-6,18,26H,7-16H2,1-2H3,(H,27,32)(H,28,29,30). The molecule has 0 bridgehead atoms. The van der Waals surface area contributed by atoms with Gasteiger partial charge in [-0.1, -0.05) is 18.2 Å². The second-order valence-corrected chi connectivity index (χ2v) is 11.0. The van der Waals surface area contributed by atoms with Gasteiger partial charge in [-0.05, 0) is 44.4 Å². The van der Waals surface area contributed by atoms with E-state index in [4.69, 9.17) is 14.7 Å². The van der Waals surface area contributed by atoms with Crippen molar-refractivity contribution in [3.8, 4) is 0 Å². The predicted octanol–water partition coefficient (Wildman–Crippen LogP) is 2.40. The molecular weight excluding hydrogens is 464 g/mol. The Morgan fingerprint density at radius 3 is 2.63 bits per heavy atom. The number of nitrogens with zero attached hydrogens (tertiary/aromatic N) is 3. The number of hydrogen-bond donors (Lipinski definition) is 3. The zero-order valence-electron chi connectivity index (χ0n) is 20.4. The molecule has 35 heavy (non-hydrogen) atoms. The fraction of sp³-hybridized carbons (Fsp3) is 0.560. The topological polar surface area (TPSA) is 108 Å². The van der Waals surface area contributed by atoms with Gasteiger partial charge in [-0.25, -0.2) is 4.98 Å². The Morgan fingerprint density at radius 1 is 1.17 bits per heavy atom. The summed E-state index contributed by atoms with van der Waals surface area (Å²) in [7, 11) is 0.928. The summed E-state index contributed by atoms with van der Waals surface area (Å²) in [6.07, 6.45) is 4.24. The number of nitrogens with one attached hydrogen (secondary N) is 3. The molecule has 1 aromatic heterocycles. The molecule has 0 aliphatic carbocycles. The molecule has 2 fully saturated rings. The Hall–Kier alpha value is -2.56. The highest BCUT2D eigenvalue weighted by Crippen LogP contribution is 2.38. The molecule has 3 aliphatic heterocycles. The van der Waals surface area contributed by atoms with Crippen molar-refractivity contribution in [2.75, 3.05) is 54.6 Å². The molecule has 3 N–H and O–H groups in total. The van der Waals surface area contributed by atoms with Crippen molar-refractivity contribution < 1.29 is 13.7 Å². The molecule has 0 saturated carbocycles. The molecule has 0 radical (unpaired) electrons. The SMILES string of the molecule is CNC1(c2ccccc2NC(C)=O)CCN(c2nc3c(c(NC4CCOCC4)n2)S(=O)CC3)CC1. The molecule has 1 atom stereocenters. The fourth-order valence-electron chi connectivity index (χ4n) is 5.40. The molecular formula is C25H34N6O3S. The highest BCUT2D eigenvalue weighted by atomic mass is 32.2. The second kappa shape index (κ2) is 10.2. The van der Waals surface area contributed by atoms with E-state index in [0.717, 1.165) is 86.1 Å². The Balaban J connectivity index is 1.39. The molecule has 5 rings (SSSR count). The summed E-state index contributed by atoms with van der Waals surface area (Å²) in [5.41, 5.74) is 2.60. The summed E-state index contributed by atoms with van der Waals surface area (Å²) in [5, 5.41) is 10.1. The molecule has 2 saturated heterocycles. The third-order valence-corrected chi connectivity index (χ3v) is 8.83. The van der Waals surface area contributed by atoms with Crippen molar-refractivity contribution in [2.45, 2.75) is 55.5 Å². The minimum absolute atomic E-state index is 0.0744. The molecule has 0 spiro atoms. The van der Waals surface area contributed by atoms with Crippen LogP contribution >= 0.6 is 0 Å². The molecule has 10 heteroatoms. The fourth-order valence-corrected chi connectivity index (χ4v) is 6.71. The lowest BCUT2D eigenvalue weighted by Gasteiger charge is -2.43. The second-order valence-electron chi connectivity index (χ2n) is 9.52. The zero-order valence-corrected chi connectivity index (χ0v) is 21.2. The largest absolute Gasteiger partial charge is 0.381 e. The number of para-hydroxylation sites is 1. The number of ether oxygens (including phenoxy) is 1. The van der Waals surface area contributed by atoms with E-state index in [2.05, 4.69) is 26.9 Å². The molecule has 4 heterocycles. The Bertz CT molecular complexity index is 1110. The van der Waals surface area contributed by atoms with Crippen LogP contribution in [0.15, 0.2) is 29.2 Å². The van der Waals surface area contributed by atoms with Gasteiger partial charge in [0.2, 0.25) is 11.9 Å². The van der Waals surface area contributed by atoms with E-state index in [9.17, 15) is 9.00 Å². The average molecular weight is 499 g/mol. The van der Waals surface area contributed by atoms with Crippen LogP contribution in [0.25, 0.3) is 0 Å². The van der Waals surface area contributed by atoms with Gasteiger partial charge in [-0.3, -0.25) is 9.00 Å². The summed E-state index contributed by atoms with van der Waals surface area (Å²) < 4.78 is 18.2. The van der Waals surface area contributed by atoms with E-state index < -0.39 is 10.8 Å². The van der Waals surface area contributed by atoms with Gasteiger partial charge in [0, 0.05) is 62.7 Å². The molecule has 1 unspecified atom stereocenters. The monoisotopic (exact) mass is 498 g/mol. The third-order valence-electron chi connectivity index (χ3n) is 7.37. The minimum Gasteiger partial charge on any atom is -0.381 e. The lowest BCUT2D eigenvalue weighted by molar-refractivity contribution is -0.114. The van der Waals surface area contributed by atoms with Gasteiger partial charge >= 0.3 is 0 Å². The molecule has 1 aromatic carbocycles. The van der Waals surface area contributed by atoms with E-state index >= 15 is 0 Å². The van der Waals surface area contributed by atoms with E-state index in [-0.39, 0.29) is 17.5 Å². The van der Waals surface area contributed by atoms with Crippen LogP contribution in [-0.4, -0.2) is 65.2 Å². The lowest BCUT2D eigenvalue weighted by atomic mass is 9.80. The predicted molar refractivity (Wildman–Crippen MR) is 137 cm³/mol. The van der Waals surface area contributed by atoms with Crippen molar-refractivity contribution in [1.29, 1.82) is 0 Å². The van der Waals surface area contributed by atoms with Crippen LogP contribution in [-0.2, 0) is 32.3 Å². The highest BCUT2D eigenvalue weighted by Gasteiger charge is 2.38. The number of anilines is 3. The van der Waals surface area contributed by atoms with Gasteiger partial charge in [0.15, 0.2) is 0 Å². The number of aromatic nitrogens is 2. The first-order valence-corrected chi connectivity index (χ1v) is 13.8. The summed E-state index contributed by atoms with van der Waals surface area (Å²) in [6.45, 7) is 4.55. The number of carbonyl (C=O) groups excluding carboxylic acids is 1. The van der Waals surface area contributed by atoms with Crippen LogP contribution in [0.4, 0.5) is 17.5 Å². The maximum Gasteiger partial charge on any atom is 0.227 e. The first kappa shape index (κ1) is 24.1. The van der Waals surface area contributed by atoms with Gasteiger partial charge in [0.25, 0.3) is 0 Å². The number of piperidine rings is 1. The van der Waals surface area contributed by atoms with Crippen molar-refractivity contribution in [1.82, 2.24) is 15.3 Å². The third kappa shape index (κ3) is 4.92. The van der Waals surface area contributed by atoms with Crippen LogP contribution in [0.5, 0.6) is 0 Å². The lowest BCUT2D eigenvalue weighted by Crippen LogP contribution is -2.50. The maximum atomic E-state index is 12.7. The highest BCUT2D eigenvalue weighted by molar-refractivity contribution is 7.85. The summed E-state index contributed by atoms with van der Waals surface area (Å²) in [6, 6.07) is 8.29. The van der Waals surface area contributed by atoms with Gasteiger partial charge in [0.1, 0.15) is 10.7 Å². The summed E-state index contributed by atoms with van der Waals surface area (Å²) in [4.78, 5) is 24.6. The molecule has 3 aliphatic rings. The van der Waals surface area contributed by atoms with Crippen LogP contribution < -0.4 is 20.9 Å². The molecule has 2 aromatic rings. The van der Waals surface area contributed by atoms with Gasteiger partial charge in [-0.2, -0.15) is 4.98 Å². The number of benzene rings is 1. The Labute approximate surface area is 208 Å². The molecule has 188 valence electrons. The van der Waals surface area contributed by atoms with Crippen molar-refractivity contribution in [3.63, 3.8) is 0 Å². The van der Waals surface area contributed by atoms with Crippen LogP contribution in [0, 0.1) is 0 Å². The van der Waals surface area contributed by atoms with Crippen molar-refractivity contribution in [2.24, 2.45) is 0 Å². The molecule has 9 nitrogen and oxygen atoms in total. The number of carbonyl (C=O) groups is 1. The first-order valence-electron chi connectivity index (χ1n) is 12.4. The summed E-state index contributed by atoms with van der Waals surface area (Å²) >= 11 is 0. The molecule has 1 amide bonds. The van der Waals surface area contributed by atoms with Crippen LogP contribution in [0.2, 0.25) is 0 Å². The zero-order chi connectivity index (χ0) is 24.4. The summed E-state index contributed by atoms with van der Waals surface area (Å²) in [5.74, 6) is 1.97.